The fourth-order valence-electron chi connectivity index (χ4n) is 5.29. The van der Waals surface area contributed by atoms with Gasteiger partial charge in [-0.15, -0.1) is 0 Å². The quantitative estimate of drug-likeness (QED) is 0.338. The molecule has 6 rings (SSSR count). The minimum Gasteiger partial charge on any atom is -0.402 e. The average Bonchev–Trinajstić information content (AvgIpc) is 3.65. The van der Waals surface area contributed by atoms with E-state index in [1.54, 1.807) is 0 Å². The molecule has 38 heavy (non-hydrogen) atoms. The minimum absolute atomic E-state index is 0.337. The summed E-state index contributed by atoms with van der Waals surface area (Å²) in [5.74, 6) is 0.616. The Bertz CT molecular complexity index is 1490. The van der Waals surface area contributed by atoms with Crippen LogP contribution in [-0.2, 0) is 0 Å². The van der Waals surface area contributed by atoms with Gasteiger partial charge in [0.15, 0.2) is 0 Å². The van der Waals surface area contributed by atoms with E-state index < -0.39 is 0 Å². The molecule has 1 saturated carbocycles. The van der Waals surface area contributed by atoms with Gasteiger partial charge in [0, 0.05) is 51.9 Å². The second-order valence-corrected chi connectivity index (χ2v) is 10.8. The molecule has 0 bridgehead atoms. The lowest BCUT2D eigenvalue weighted by Crippen LogP contribution is -2.18. The molecular formula is C34H34N4. The van der Waals surface area contributed by atoms with E-state index in [4.69, 9.17) is 11.5 Å². The zero-order chi connectivity index (χ0) is 26.3. The Morgan fingerprint density at radius 3 is 1.87 bits per heavy atom. The molecular weight excluding hydrogens is 464 g/mol. The Morgan fingerprint density at radius 2 is 1.26 bits per heavy atom. The van der Waals surface area contributed by atoms with E-state index in [1.165, 1.54) is 17.7 Å². The number of fused-ring (bicyclic) bond motifs is 1. The fraction of sp³-hybridized carbons (Fsp3) is 0.176. The molecule has 4 nitrogen and oxygen atoms in total. The van der Waals surface area contributed by atoms with Gasteiger partial charge in [-0.2, -0.15) is 0 Å². The lowest BCUT2D eigenvalue weighted by molar-refractivity contribution is 0.684. The van der Waals surface area contributed by atoms with Crippen molar-refractivity contribution in [1.29, 1.82) is 0 Å². The molecule has 2 unspecified atom stereocenters. The highest BCUT2D eigenvalue weighted by atomic mass is 15.2. The molecule has 0 saturated heterocycles. The van der Waals surface area contributed by atoms with Crippen LogP contribution < -0.4 is 21.3 Å². The maximum absolute atomic E-state index is 6.12. The van der Waals surface area contributed by atoms with Crippen LogP contribution in [0.1, 0.15) is 25.3 Å². The first kappa shape index (κ1) is 23.9. The first-order valence-electron chi connectivity index (χ1n) is 13.3. The molecule has 2 atom stereocenters. The zero-order valence-corrected chi connectivity index (χ0v) is 22.0. The van der Waals surface area contributed by atoms with Crippen LogP contribution in [0.4, 0.5) is 28.4 Å². The molecule has 3 aromatic rings. The van der Waals surface area contributed by atoms with Crippen molar-refractivity contribution >= 4 is 28.4 Å². The van der Waals surface area contributed by atoms with Gasteiger partial charge in [0.1, 0.15) is 0 Å². The van der Waals surface area contributed by atoms with Crippen molar-refractivity contribution in [3.05, 3.63) is 138 Å². The fourth-order valence-corrected chi connectivity index (χ4v) is 5.29. The molecule has 0 spiro atoms. The van der Waals surface area contributed by atoms with Crippen molar-refractivity contribution in [2.24, 2.45) is 17.1 Å². The third-order valence-corrected chi connectivity index (χ3v) is 7.79. The number of aryl methyl sites for hydroxylation is 1. The van der Waals surface area contributed by atoms with Gasteiger partial charge in [-0.3, -0.25) is 0 Å². The molecule has 4 N–H and O–H groups in total. The molecule has 3 aromatic carbocycles. The maximum Gasteiger partial charge on any atom is 0.0463 e. The van der Waals surface area contributed by atoms with Gasteiger partial charge in [-0.25, -0.2) is 0 Å². The summed E-state index contributed by atoms with van der Waals surface area (Å²) in [7, 11) is 0. The highest BCUT2D eigenvalue weighted by Crippen LogP contribution is 2.57. The van der Waals surface area contributed by atoms with Crippen molar-refractivity contribution < 1.29 is 0 Å². The van der Waals surface area contributed by atoms with Gasteiger partial charge in [-0.05, 0) is 110 Å². The Labute approximate surface area is 225 Å². The first-order chi connectivity index (χ1) is 18.4. The van der Waals surface area contributed by atoms with Crippen LogP contribution in [0.15, 0.2) is 132 Å². The van der Waals surface area contributed by atoms with Crippen LogP contribution in [0.25, 0.3) is 0 Å². The Hall–Kier alpha value is -4.44. The number of nitrogens with zero attached hydrogens (tertiary/aromatic N) is 2. The number of hydrogen-bond donors (Lipinski definition) is 2. The molecule has 190 valence electrons. The molecule has 0 aromatic heterocycles. The number of anilines is 5. The lowest BCUT2D eigenvalue weighted by atomic mass is 9.99. The van der Waals surface area contributed by atoms with Crippen LogP contribution in [0.2, 0.25) is 0 Å². The highest BCUT2D eigenvalue weighted by Gasteiger charge is 2.48. The van der Waals surface area contributed by atoms with Crippen LogP contribution in [0.3, 0.4) is 0 Å². The number of allylic oxidation sites excluding steroid dienone is 7. The number of hydrogen-bond acceptors (Lipinski definition) is 4. The monoisotopic (exact) mass is 498 g/mol. The van der Waals surface area contributed by atoms with Crippen LogP contribution >= 0.6 is 0 Å². The number of rotatable bonds is 6. The maximum atomic E-state index is 6.12. The van der Waals surface area contributed by atoms with Gasteiger partial charge < -0.3 is 21.3 Å². The summed E-state index contributed by atoms with van der Waals surface area (Å²) in [6.45, 7) is 4.47. The number of nitrogen functional groups attached to an aromatic ring is 1. The predicted octanol–water partition coefficient (Wildman–Crippen LogP) is 8.02. The topological polar surface area (TPSA) is 58.5 Å². The summed E-state index contributed by atoms with van der Waals surface area (Å²) in [5, 5.41) is 0. The smallest absolute Gasteiger partial charge is 0.0463 e. The third-order valence-electron chi connectivity index (χ3n) is 7.79. The standard InChI is InChI=1S/C34H34N4/c1-24-6-11-29(12-7-24)38(33-20-21-34(2)23-25(34)22-33)32-18-16-31(17-19-32)37(30-14-9-27(36)10-15-30)28-5-3-4-26(35)8-13-28/h3,5-22,25H,4,23,35-36H2,1-2H3. The van der Waals surface area contributed by atoms with Gasteiger partial charge >= 0.3 is 0 Å². The lowest BCUT2D eigenvalue weighted by Gasteiger charge is -2.30. The van der Waals surface area contributed by atoms with Crippen LogP contribution in [0, 0.1) is 18.3 Å². The van der Waals surface area contributed by atoms with Crippen molar-refractivity contribution in [3.63, 3.8) is 0 Å². The van der Waals surface area contributed by atoms with E-state index in [0.29, 0.717) is 11.3 Å². The third kappa shape index (κ3) is 4.66. The Kier molecular flexibility index (Phi) is 5.96. The average molecular weight is 499 g/mol. The summed E-state index contributed by atoms with van der Waals surface area (Å²) < 4.78 is 0. The number of benzene rings is 3. The van der Waals surface area contributed by atoms with E-state index >= 15 is 0 Å². The van der Waals surface area contributed by atoms with Crippen LogP contribution in [0.5, 0.6) is 0 Å². The zero-order valence-electron chi connectivity index (χ0n) is 22.0. The largest absolute Gasteiger partial charge is 0.402 e. The molecule has 3 aliphatic carbocycles. The number of nitrogens with two attached hydrogens (primary N) is 2. The SMILES string of the molecule is Cc1ccc(N(C2=CC3CC3(C)C=C2)c2ccc(N(C3=CC=C(N)CC=C3)c3ccc(N)cc3)cc2)cc1. The van der Waals surface area contributed by atoms with Crippen molar-refractivity contribution in [1.82, 2.24) is 0 Å². The summed E-state index contributed by atoms with van der Waals surface area (Å²) in [4.78, 5) is 4.60. The molecule has 4 heteroatoms. The van der Waals surface area contributed by atoms with E-state index in [0.717, 1.165) is 46.3 Å². The molecule has 0 heterocycles. The van der Waals surface area contributed by atoms with E-state index in [9.17, 15) is 0 Å². The summed E-state index contributed by atoms with van der Waals surface area (Å²) >= 11 is 0. The molecule has 0 radical (unpaired) electrons. The summed E-state index contributed by atoms with van der Waals surface area (Å²) in [6.07, 6.45) is 17.4. The van der Waals surface area contributed by atoms with E-state index in [-0.39, 0.29) is 0 Å². The van der Waals surface area contributed by atoms with Crippen molar-refractivity contribution in [3.8, 4) is 0 Å². The molecule has 1 fully saturated rings. The molecule has 0 aliphatic heterocycles. The van der Waals surface area contributed by atoms with Gasteiger partial charge in [-0.1, -0.05) is 42.8 Å². The van der Waals surface area contributed by atoms with Gasteiger partial charge in [0.2, 0.25) is 0 Å². The first-order valence-corrected chi connectivity index (χ1v) is 13.3. The molecule has 3 aliphatic rings. The van der Waals surface area contributed by atoms with E-state index in [2.05, 4.69) is 121 Å². The van der Waals surface area contributed by atoms with Crippen molar-refractivity contribution in [2.45, 2.75) is 26.7 Å². The second kappa shape index (κ2) is 9.46. The van der Waals surface area contributed by atoms with E-state index in [1.807, 2.05) is 18.2 Å². The predicted molar refractivity (Wildman–Crippen MR) is 160 cm³/mol. The normalized spacial score (nSPS) is 21.5. The Morgan fingerprint density at radius 1 is 0.711 bits per heavy atom. The molecule has 0 amide bonds. The Balaban J connectivity index is 1.40. The van der Waals surface area contributed by atoms with Crippen molar-refractivity contribution in [2.75, 3.05) is 15.5 Å². The highest BCUT2D eigenvalue weighted by molar-refractivity contribution is 5.76. The van der Waals surface area contributed by atoms with Gasteiger partial charge in [0.25, 0.3) is 0 Å². The minimum atomic E-state index is 0.337. The summed E-state index contributed by atoms with van der Waals surface area (Å²) in [5.41, 5.74) is 22.0. The van der Waals surface area contributed by atoms with Gasteiger partial charge in [0.05, 0.1) is 0 Å². The summed E-state index contributed by atoms with van der Waals surface area (Å²) in [6, 6.07) is 25.5. The second-order valence-electron chi connectivity index (χ2n) is 10.8. The van der Waals surface area contributed by atoms with Crippen LogP contribution in [-0.4, -0.2) is 0 Å².